The maximum atomic E-state index is 12.6. The minimum Gasteiger partial charge on any atom is -0.496 e. The average Bonchev–Trinajstić information content (AvgIpc) is 2.73. The van der Waals surface area contributed by atoms with Gasteiger partial charge in [-0.3, -0.25) is 4.79 Å². The molecule has 3 rings (SSSR count). The molecular formula is C22H18BrClN2O3. The Morgan fingerprint density at radius 3 is 2.62 bits per heavy atom. The van der Waals surface area contributed by atoms with Gasteiger partial charge >= 0.3 is 0 Å². The predicted molar refractivity (Wildman–Crippen MR) is 118 cm³/mol. The van der Waals surface area contributed by atoms with Gasteiger partial charge in [0.1, 0.15) is 18.1 Å². The first kappa shape index (κ1) is 20.9. The number of halogens is 2. The van der Waals surface area contributed by atoms with Crippen molar-refractivity contribution in [2.75, 3.05) is 7.11 Å². The van der Waals surface area contributed by atoms with Crippen molar-refractivity contribution in [3.8, 4) is 11.5 Å². The molecule has 3 aromatic carbocycles. The first-order valence-electron chi connectivity index (χ1n) is 8.70. The normalized spacial score (nSPS) is 10.7. The molecule has 1 amide bonds. The molecule has 1 N–H and O–H groups in total. The Labute approximate surface area is 182 Å². The highest BCUT2D eigenvalue weighted by atomic mass is 79.9. The minimum atomic E-state index is -0.373. The SMILES string of the molecule is COc1ccc(Br)cc1/C=N/NC(=O)c1ccccc1OCc1ccc(Cl)cc1. The maximum Gasteiger partial charge on any atom is 0.275 e. The van der Waals surface area contributed by atoms with Gasteiger partial charge in [-0.15, -0.1) is 0 Å². The molecule has 29 heavy (non-hydrogen) atoms. The molecule has 0 aromatic heterocycles. The van der Waals surface area contributed by atoms with E-state index in [0.717, 1.165) is 15.6 Å². The van der Waals surface area contributed by atoms with Gasteiger partial charge < -0.3 is 9.47 Å². The summed E-state index contributed by atoms with van der Waals surface area (Å²) in [6.07, 6.45) is 1.53. The standard InChI is InChI=1S/C22H18BrClN2O3/c1-28-20-11-8-17(23)12-16(20)13-25-26-22(27)19-4-2-3-5-21(19)29-14-15-6-9-18(24)10-7-15/h2-13H,14H2,1H3,(H,26,27)/b25-13+. The summed E-state index contributed by atoms with van der Waals surface area (Å²) in [6.45, 7) is 0.319. The molecule has 0 saturated heterocycles. The van der Waals surface area contributed by atoms with Crippen molar-refractivity contribution in [3.05, 3.63) is 92.9 Å². The highest BCUT2D eigenvalue weighted by molar-refractivity contribution is 9.10. The number of hydrogen-bond donors (Lipinski definition) is 1. The summed E-state index contributed by atoms with van der Waals surface area (Å²) in [4.78, 5) is 12.6. The smallest absolute Gasteiger partial charge is 0.275 e. The van der Waals surface area contributed by atoms with Gasteiger partial charge in [-0.2, -0.15) is 5.10 Å². The van der Waals surface area contributed by atoms with Gasteiger partial charge in [0.05, 0.1) is 18.9 Å². The van der Waals surface area contributed by atoms with E-state index < -0.39 is 0 Å². The molecule has 148 valence electrons. The fourth-order valence-corrected chi connectivity index (χ4v) is 3.05. The maximum absolute atomic E-state index is 12.6. The van der Waals surface area contributed by atoms with E-state index in [-0.39, 0.29) is 5.91 Å². The fraction of sp³-hybridized carbons (Fsp3) is 0.0909. The Balaban J connectivity index is 1.68. The van der Waals surface area contributed by atoms with Gasteiger partial charge in [-0.05, 0) is 48.0 Å². The Kier molecular flexibility index (Phi) is 7.27. The number of rotatable bonds is 7. The van der Waals surface area contributed by atoms with E-state index in [0.29, 0.717) is 28.7 Å². The number of hydrogen-bond acceptors (Lipinski definition) is 4. The monoisotopic (exact) mass is 472 g/mol. The Bertz CT molecular complexity index is 1020. The quantitative estimate of drug-likeness (QED) is 0.366. The molecule has 0 fully saturated rings. The van der Waals surface area contributed by atoms with Crippen LogP contribution in [0.4, 0.5) is 0 Å². The predicted octanol–water partition coefficient (Wildman–Crippen LogP) is 5.45. The largest absolute Gasteiger partial charge is 0.496 e. The number of methoxy groups -OCH3 is 1. The fourth-order valence-electron chi connectivity index (χ4n) is 2.55. The number of hydrazone groups is 1. The van der Waals surface area contributed by atoms with E-state index in [1.807, 2.05) is 36.4 Å². The number of carbonyl (C=O) groups excluding carboxylic acids is 1. The van der Waals surface area contributed by atoms with Gasteiger partial charge in [-0.25, -0.2) is 5.43 Å². The second kappa shape index (κ2) is 10.1. The van der Waals surface area contributed by atoms with Crippen LogP contribution in [0, 0.1) is 0 Å². The number of benzene rings is 3. The zero-order valence-corrected chi connectivity index (χ0v) is 17.9. The molecular weight excluding hydrogens is 456 g/mol. The van der Waals surface area contributed by atoms with Crippen LogP contribution in [0.15, 0.2) is 76.3 Å². The summed E-state index contributed by atoms with van der Waals surface area (Å²) in [5, 5.41) is 4.70. The molecule has 0 spiro atoms. The first-order chi connectivity index (χ1) is 14.1. The minimum absolute atomic E-state index is 0.319. The van der Waals surface area contributed by atoms with Crippen molar-refractivity contribution in [3.63, 3.8) is 0 Å². The van der Waals surface area contributed by atoms with Crippen LogP contribution in [0.3, 0.4) is 0 Å². The van der Waals surface area contributed by atoms with E-state index in [1.165, 1.54) is 6.21 Å². The number of nitrogens with zero attached hydrogens (tertiary/aromatic N) is 1. The highest BCUT2D eigenvalue weighted by Crippen LogP contribution is 2.22. The number of nitrogens with one attached hydrogen (secondary N) is 1. The second-order valence-electron chi connectivity index (χ2n) is 6.00. The van der Waals surface area contributed by atoms with Gasteiger partial charge in [0.25, 0.3) is 5.91 Å². The van der Waals surface area contributed by atoms with E-state index in [9.17, 15) is 4.79 Å². The summed E-state index contributed by atoms with van der Waals surface area (Å²) in [5.41, 5.74) is 4.59. The highest BCUT2D eigenvalue weighted by Gasteiger charge is 2.12. The number of ether oxygens (including phenoxy) is 2. The van der Waals surface area contributed by atoms with Crippen LogP contribution in [-0.2, 0) is 6.61 Å². The zero-order chi connectivity index (χ0) is 20.6. The molecule has 0 aliphatic carbocycles. The van der Waals surface area contributed by atoms with E-state index in [4.69, 9.17) is 21.1 Å². The van der Waals surface area contributed by atoms with Crippen LogP contribution < -0.4 is 14.9 Å². The number of carbonyl (C=O) groups is 1. The number of para-hydroxylation sites is 1. The third-order valence-electron chi connectivity index (χ3n) is 4.00. The van der Waals surface area contributed by atoms with Crippen LogP contribution in [0.25, 0.3) is 0 Å². The van der Waals surface area contributed by atoms with Crippen LogP contribution >= 0.6 is 27.5 Å². The van der Waals surface area contributed by atoms with Crippen molar-refractivity contribution in [1.29, 1.82) is 0 Å². The van der Waals surface area contributed by atoms with Gasteiger partial charge in [0.15, 0.2) is 0 Å². The molecule has 0 saturated carbocycles. The van der Waals surface area contributed by atoms with Gasteiger partial charge in [-0.1, -0.05) is 51.8 Å². The molecule has 3 aromatic rings. The lowest BCUT2D eigenvalue weighted by Gasteiger charge is -2.10. The Morgan fingerprint density at radius 2 is 1.86 bits per heavy atom. The van der Waals surface area contributed by atoms with Gasteiger partial charge in [0, 0.05) is 15.1 Å². The van der Waals surface area contributed by atoms with Crippen LogP contribution in [0.1, 0.15) is 21.5 Å². The summed E-state index contributed by atoms with van der Waals surface area (Å²) in [7, 11) is 1.58. The summed E-state index contributed by atoms with van der Waals surface area (Å²) >= 11 is 9.30. The van der Waals surface area contributed by atoms with Crippen LogP contribution in [0.2, 0.25) is 5.02 Å². The topological polar surface area (TPSA) is 59.9 Å². The van der Waals surface area contributed by atoms with E-state index in [2.05, 4.69) is 26.5 Å². The molecule has 0 atom stereocenters. The molecule has 0 aliphatic heterocycles. The van der Waals surface area contributed by atoms with Crippen molar-refractivity contribution in [1.82, 2.24) is 5.43 Å². The first-order valence-corrected chi connectivity index (χ1v) is 9.87. The van der Waals surface area contributed by atoms with Gasteiger partial charge in [0.2, 0.25) is 0 Å². The molecule has 5 nitrogen and oxygen atoms in total. The third kappa shape index (κ3) is 5.82. The van der Waals surface area contributed by atoms with E-state index in [1.54, 1.807) is 37.4 Å². The molecule has 0 bridgehead atoms. The molecule has 0 unspecified atom stereocenters. The summed E-state index contributed by atoms with van der Waals surface area (Å²) in [5.74, 6) is 0.745. The van der Waals surface area contributed by atoms with Crippen LogP contribution in [0.5, 0.6) is 11.5 Å². The molecule has 0 aliphatic rings. The lowest BCUT2D eigenvalue weighted by Crippen LogP contribution is -2.18. The number of amides is 1. The lowest BCUT2D eigenvalue weighted by molar-refractivity contribution is 0.0950. The Hall–Kier alpha value is -2.83. The van der Waals surface area contributed by atoms with Crippen molar-refractivity contribution < 1.29 is 14.3 Å². The van der Waals surface area contributed by atoms with Crippen molar-refractivity contribution in [2.24, 2.45) is 5.10 Å². The molecule has 0 heterocycles. The average molecular weight is 474 g/mol. The summed E-state index contributed by atoms with van der Waals surface area (Å²) in [6, 6.07) is 19.9. The van der Waals surface area contributed by atoms with Crippen molar-refractivity contribution >= 4 is 39.7 Å². The molecule has 7 heteroatoms. The third-order valence-corrected chi connectivity index (χ3v) is 4.75. The Morgan fingerprint density at radius 1 is 1.10 bits per heavy atom. The lowest BCUT2D eigenvalue weighted by atomic mass is 10.2. The summed E-state index contributed by atoms with van der Waals surface area (Å²) < 4.78 is 12.0. The molecule has 0 radical (unpaired) electrons. The zero-order valence-electron chi connectivity index (χ0n) is 15.6. The van der Waals surface area contributed by atoms with E-state index >= 15 is 0 Å². The van der Waals surface area contributed by atoms with Crippen LogP contribution in [-0.4, -0.2) is 19.2 Å². The van der Waals surface area contributed by atoms with Crippen molar-refractivity contribution in [2.45, 2.75) is 6.61 Å². The second-order valence-corrected chi connectivity index (χ2v) is 7.35.